The molecule has 142 valence electrons. The lowest BCUT2D eigenvalue weighted by molar-refractivity contribution is -0.123. The zero-order chi connectivity index (χ0) is 19.8. The molecule has 3 aromatic rings. The molecule has 0 radical (unpaired) electrons. The molecule has 1 atom stereocenters. The van der Waals surface area contributed by atoms with Crippen molar-refractivity contribution in [3.8, 4) is 0 Å². The highest BCUT2D eigenvalue weighted by Crippen LogP contribution is 2.16. The second-order valence-electron chi connectivity index (χ2n) is 6.17. The molecule has 1 aromatic carbocycles. The summed E-state index contributed by atoms with van der Waals surface area (Å²) in [7, 11) is 0. The Balaban J connectivity index is 1.74. The van der Waals surface area contributed by atoms with E-state index in [0.717, 1.165) is 11.1 Å². The minimum atomic E-state index is -1.00. The molecule has 2 heterocycles. The van der Waals surface area contributed by atoms with E-state index in [-0.39, 0.29) is 11.5 Å². The van der Waals surface area contributed by atoms with E-state index in [0.29, 0.717) is 18.7 Å². The van der Waals surface area contributed by atoms with Crippen LogP contribution in [0.5, 0.6) is 0 Å². The van der Waals surface area contributed by atoms with Crippen molar-refractivity contribution in [3.63, 3.8) is 0 Å². The Morgan fingerprint density at radius 2 is 1.36 bits per heavy atom. The molecule has 0 saturated heterocycles. The van der Waals surface area contributed by atoms with E-state index in [1.165, 1.54) is 12.1 Å². The smallest absolute Gasteiger partial charge is 0.335 e. The molecular formula is C21H20N4O3. The van der Waals surface area contributed by atoms with Crippen LogP contribution in [0, 0.1) is 0 Å². The second-order valence-corrected chi connectivity index (χ2v) is 6.17. The summed E-state index contributed by atoms with van der Waals surface area (Å²) >= 11 is 0. The SMILES string of the molecule is O=C(O)c1ccc(C(NCc2ccncc2)C(=O)NCc2ccncc2)cc1. The lowest BCUT2D eigenvalue weighted by atomic mass is 10.0. The van der Waals surface area contributed by atoms with Crippen LogP contribution in [0.1, 0.15) is 33.1 Å². The maximum absolute atomic E-state index is 12.8. The molecule has 0 aliphatic heterocycles. The van der Waals surface area contributed by atoms with Gasteiger partial charge in [0.25, 0.3) is 0 Å². The summed E-state index contributed by atoms with van der Waals surface area (Å²) < 4.78 is 0. The fourth-order valence-electron chi connectivity index (χ4n) is 2.69. The van der Waals surface area contributed by atoms with Gasteiger partial charge in [0, 0.05) is 37.9 Å². The summed E-state index contributed by atoms with van der Waals surface area (Å²) in [4.78, 5) is 31.9. The van der Waals surface area contributed by atoms with Gasteiger partial charge in [-0.25, -0.2) is 4.79 Å². The van der Waals surface area contributed by atoms with Crippen molar-refractivity contribution < 1.29 is 14.7 Å². The first kappa shape index (κ1) is 19.2. The molecule has 7 heteroatoms. The first-order valence-corrected chi connectivity index (χ1v) is 8.75. The number of carboxylic acids is 1. The van der Waals surface area contributed by atoms with Crippen molar-refractivity contribution in [2.45, 2.75) is 19.1 Å². The maximum atomic E-state index is 12.8. The van der Waals surface area contributed by atoms with Gasteiger partial charge in [-0.2, -0.15) is 0 Å². The normalized spacial score (nSPS) is 11.6. The number of benzene rings is 1. The van der Waals surface area contributed by atoms with Crippen LogP contribution in [0.3, 0.4) is 0 Å². The van der Waals surface area contributed by atoms with Crippen molar-refractivity contribution in [1.82, 2.24) is 20.6 Å². The number of pyridine rings is 2. The van der Waals surface area contributed by atoms with Crippen LogP contribution >= 0.6 is 0 Å². The van der Waals surface area contributed by atoms with Gasteiger partial charge in [0.2, 0.25) is 5.91 Å². The van der Waals surface area contributed by atoms with Crippen LogP contribution in [-0.2, 0) is 17.9 Å². The van der Waals surface area contributed by atoms with Crippen LogP contribution in [0.4, 0.5) is 0 Å². The highest BCUT2D eigenvalue weighted by atomic mass is 16.4. The first-order valence-electron chi connectivity index (χ1n) is 8.75. The van der Waals surface area contributed by atoms with E-state index in [4.69, 9.17) is 5.11 Å². The summed E-state index contributed by atoms with van der Waals surface area (Å²) in [5, 5.41) is 15.2. The zero-order valence-corrected chi connectivity index (χ0v) is 15.1. The molecule has 0 fully saturated rings. The molecule has 0 saturated carbocycles. The summed E-state index contributed by atoms with van der Waals surface area (Å²) in [6.07, 6.45) is 6.73. The number of nitrogens with zero attached hydrogens (tertiary/aromatic N) is 2. The number of hydrogen-bond acceptors (Lipinski definition) is 5. The predicted octanol–water partition coefficient (Wildman–Crippen LogP) is 2.32. The number of carbonyl (C=O) groups excluding carboxylic acids is 1. The molecule has 1 unspecified atom stereocenters. The van der Waals surface area contributed by atoms with Crippen molar-refractivity contribution in [2.75, 3.05) is 0 Å². The van der Waals surface area contributed by atoms with E-state index in [1.54, 1.807) is 36.9 Å². The van der Waals surface area contributed by atoms with E-state index in [9.17, 15) is 9.59 Å². The Kier molecular flexibility index (Phi) is 6.43. The van der Waals surface area contributed by atoms with Crippen LogP contribution in [0.25, 0.3) is 0 Å². The van der Waals surface area contributed by atoms with Gasteiger partial charge in [-0.1, -0.05) is 12.1 Å². The quantitative estimate of drug-likeness (QED) is 0.557. The van der Waals surface area contributed by atoms with Crippen LogP contribution in [-0.4, -0.2) is 27.0 Å². The molecule has 0 spiro atoms. The number of amides is 1. The van der Waals surface area contributed by atoms with E-state index < -0.39 is 12.0 Å². The molecule has 7 nitrogen and oxygen atoms in total. The molecular weight excluding hydrogens is 356 g/mol. The Hall–Kier alpha value is -3.58. The standard InChI is InChI=1S/C21H20N4O3/c26-20(25-14-16-7-11-23-12-8-16)19(24-13-15-5-9-22-10-6-15)17-1-3-18(4-2-17)21(27)28/h1-12,19,24H,13-14H2,(H,25,26)(H,27,28). The maximum Gasteiger partial charge on any atom is 0.335 e. The van der Waals surface area contributed by atoms with E-state index in [2.05, 4.69) is 20.6 Å². The van der Waals surface area contributed by atoms with Crippen molar-refractivity contribution in [2.24, 2.45) is 0 Å². The Bertz CT molecular complexity index is 915. The average Bonchev–Trinajstić information content (AvgIpc) is 2.74. The largest absolute Gasteiger partial charge is 0.478 e. The van der Waals surface area contributed by atoms with Gasteiger partial charge in [0.05, 0.1) is 5.56 Å². The van der Waals surface area contributed by atoms with Gasteiger partial charge in [-0.3, -0.25) is 20.1 Å². The third-order valence-corrected chi connectivity index (χ3v) is 4.23. The number of rotatable bonds is 8. The fraction of sp³-hybridized carbons (Fsp3) is 0.143. The predicted molar refractivity (Wildman–Crippen MR) is 103 cm³/mol. The molecule has 0 bridgehead atoms. The van der Waals surface area contributed by atoms with Crippen molar-refractivity contribution in [1.29, 1.82) is 0 Å². The monoisotopic (exact) mass is 376 g/mol. The third-order valence-electron chi connectivity index (χ3n) is 4.23. The van der Waals surface area contributed by atoms with Gasteiger partial charge < -0.3 is 10.4 Å². The summed E-state index contributed by atoms with van der Waals surface area (Å²) in [6.45, 7) is 0.846. The second kappa shape index (κ2) is 9.38. The Labute approximate surface area is 162 Å². The molecule has 3 rings (SSSR count). The molecule has 1 amide bonds. The Morgan fingerprint density at radius 1 is 0.821 bits per heavy atom. The number of carboxylic acid groups (broad SMARTS) is 1. The van der Waals surface area contributed by atoms with E-state index >= 15 is 0 Å². The first-order chi connectivity index (χ1) is 13.6. The lowest BCUT2D eigenvalue weighted by Gasteiger charge is -2.19. The van der Waals surface area contributed by atoms with Crippen LogP contribution in [0.2, 0.25) is 0 Å². The number of hydrogen-bond donors (Lipinski definition) is 3. The van der Waals surface area contributed by atoms with Crippen molar-refractivity contribution in [3.05, 3.63) is 95.6 Å². The van der Waals surface area contributed by atoms with Gasteiger partial charge in [0.15, 0.2) is 0 Å². The lowest BCUT2D eigenvalue weighted by Crippen LogP contribution is -2.37. The van der Waals surface area contributed by atoms with Crippen LogP contribution < -0.4 is 10.6 Å². The summed E-state index contributed by atoms with van der Waals surface area (Å²) in [5.74, 6) is -1.20. The van der Waals surface area contributed by atoms with Crippen LogP contribution in [0.15, 0.2) is 73.3 Å². The fourth-order valence-corrected chi connectivity index (χ4v) is 2.69. The minimum absolute atomic E-state index is 0.175. The number of aromatic nitrogens is 2. The molecule has 2 aromatic heterocycles. The van der Waals surface area contributed by atoms with Gasteiger partial charge in [-0.05, 0) is 53.1 Å². The number of aromatic carboxylic acids is 1. The Morgan fingerprint density at radius 3 is 1.89 bits per heavy atom. The zero-order valence-electron chi connectivity index (χ0n) is 15.1. The molecule has 0 aliphatic carbocycles. The summed E-state index contributed by atoms with van der Waals surface area (Å²) in [5.41, 5.74) is 2.79. The number of nitrogens with one attached hydrogen (secondary N) is 2. The van der Waals surface area contributed by atoms with Gasteiger partial charge in [-0.15, -0.1) is 0 Å². The number of carbonyl (C=O) groups is 2. The summed E-state index contributed by atoms with van der Waals surface area (Å²) in [6, 6.07) is 13.1. The highest BCUT2D eigenvalue weighted by molar-refractivity contribution is 5.88. The third kappa shape index (κ3) is 5.21. The van der Waals surface area contributed by atoms with E-state index in [1.807, 2.05) is 24.3 Å². The van der Waals surface area contributed by atoms with Crippen molar-refractivity contribution >= 4 is 11.9 Å². The topological polar surface area (TPSA) is 104 Å². The van der Waals surface area contributed by atoms with Gasteiger partial charge >= 0.3 is 5.97 Å². The van der Waals surface area contributed by atoms with Gasteiger partial charge in [0.1, 0.15) is 6.04 Å². The highest BCUT2D eigenvalue weighted by Gasteiger charge is 2.20. The average molecular weight is 376 g/mol. The molecule has 3 N–H and O–H groups in total. The molecule has 0 aliphatic rings. The minimum Gasteiger partial charge on any atom is -0.478 e. The molecule has 28 heavy (non-hydrogen) atoms.